The van der Waals surface area contributed by atoms with Gasteiger partial charge in [-0.3, -0.25) is 0 Å². The van der Waals surface area contributed by atoms with E-state index in [0.717, 1.165) is 5.56 Å². The molecule has 1 radical (unpaired) electrons. The maximum absolute atomic E-state index is 8.90. The van der Waals surface area contributed by atoms with Crippen molar-refractivity contribution in [3.05, 3.63) is 23.4 Å². The van der Waals surface area contributed by atoms with Crippen LogP contribution < -0.4 is 0 Å². The van der Waals surface area contributed by atoms with Crippen LogP contribution in [-0.2, 0) is 0 Å². The first kappa shape index (κ1) is 6.08. The highest BCUT2D eigenvalue weighted by molar-refractivity contribution is 5.24. The highest BCUT2D eigenvalue weighted by atomic mass is 16.3. The zero-order valence-corrected chi connectivity index (χ0v) is 5.47. The van der Waals surface area contributed by atoms with Gasteiger partial charge in [-0.05, 0) is 25.5 Å². The highest BCUT2D eigenvalue weighted by Gasteiger charge is 1.94. The van der Waals surface area contributed by atoms with E-state index in [-0.39, 0.29) is 5.88 Å². The monoisotopic (exact) mass is 122 g/mol. The van der Waals surface area contributed by atoms with Gasteiger partial charge in [0.1, 0.15) is 0 Å². The normalized spacial score (nSPS) is 9.56. The van der Waals surface area contributed by atoms with Gasteiger partial charge in [-0.25, -0.2) is 4.98 Å². The molecule has 0 saturated heterocycles. The second-order valence-corrected chi connectivity index (χ2v) is 2.01. The molecule has 0 spiro atoms. The molecule has 9 heavy (non-hydrogen) atoms. The number of nitrogens with zero attached hydrogens (tertiary/aromatic N) is 1. The van der Waals surface area contributed by atoms with Gasteiger partial charge in [0.15, 0.2) is 0 Å². The number of aromatic nitrogens is 1. The second kappa shape index (κ2) is 2.05. The third kappa shape index (κ3) is 1.19. The Hall–Kier alpha value is -1.05. The molecule has 1 aromatic heterocycles. The van der Waals surface area contributed by atoms with Crippen LogP contribution in [0.25, 0.3) is 0 Å². The van der Waals surface area contributed by atoms with Crippen LogP contribution >= 0.6 is 0 Å². The van der Waals surface area contributed by atoms with Crippen LogP contribution in [0.5, 0.6) is 5.88 Å². The minimum atomic E-state index is 0.0700. The van der Waals surface area contributed by atoms with E-state index in [9.17, 15) is 0 Å². The second-order valence-electron chi connectivity index (χ2n) is 2.01. The highest BCUT2D eigenvalue weighted by Crippen LogP contribution is 2.10. The lowest BCUT2D eigenvalue weighted by molar-refractivity contribution is 0.448. The summed E-state index contributed by atoms with van der Waals surface area (Å²) in [5.74, 6) is 0.0700. The molecule has 0 aliphatic rings. The molecule has 0 aliphatic heterocycles. The minimum Gasteiger partial charge on any atom is -0.493 e. The van der Waals surface area contributed by atoms with Gasteiger partial charge in [0.25, 0.3) is 0 Å². The van der Waals surface area contributed by atoms with Crippen molar-refractivity contribution in [1.29, 1.82) is 0 Å². The lowest BCUT2D eigenvalue weighted by Crippen LogP contribution is -1.81. The van der Waals surface area contributed by atoms with E-state index in [1.165, 1.54) is 0 Å². The lowest BCUT2D eigenvalue weighted by atomic mass is 10.2. The summed E-state index contributed by atoms with van der Waals surface area (Å²) in [6.45, 7) is 3.66. The summed E-state index contributed by atoms with van der Waals surface area (Å²) in [6.07, 6.45) is 1.59. The molecule has 1 rings (SSSR count). The molecule has 0 aromatic carbocycles. The number of hydrogen-bond donors (Lipinski definition) is 1. The van der Waals surface area contributed by atoms with Gasteiger partial charge in [-0.1, -0.05) is 0 Å². The van der Waals surface area contributed by atoms with E-state index in [4.69, 9.17) is 5.11 Å². The van der Waals surface area contributed by atoms with Gasteiger partial charge in [0.2, 0.25) is 5.88 Å². The van der Waals surface area contributed by atoms with Crippen molar-refractivity contribution in [3.8, 4) is 5.88 Å². The Morgan fingerprint density at radius 2 is 2.22 bits per heavy atom. The maximum Gasteiger partial charge on any atom is 0.214 e. The van der Waals surface area contributed by atoms with Crippen molar-refractivity contribution in [2.45, 2.75) is 13.8 Å². The molecule has 0 amide bonds. The molecular formula is C7H8NO. The largest absolute Gasteiger partial charge is 0.493 e. The molecule has 2 heteroatoms. The number of hydrogen-bond acceptors (Lipinski definition) is 2. The molecule has 0 unspecified atom stereocenters. The summed E-state index contributed by atoms with van der Waals surface area (Å²) in [6, 6.07) is 2.93. The van der Waals surface area contributed by atoms with Gasteiger partial charge in [0.05, 0.1) is 0 Å². The van der Waals surface area contributed by atoms with Crippen molar-refractivity contribution in [2.24, 2.45) is 0 Å². The van der Waals surface area contributed by atoms with E-state index in [1.807, 2.05) is 6.92 Å². The van der Waals surface area contributed by atoms with E-state index < -0.39 is 0 Å². The molecule has 2 nitrogen and oxygen atoms in total. The van der Waals surface area contributed by atoms with Crippen molar-refractivity contribution in [1.82, 2.24) is 4.98 Å². The third-order valence-electron chi connectivity index (χ3n) is 1.10. The lowest BCUT2D eigenvalue weighted by Gasteiger charge is -1.95. The van der Waals surface area contributed by atoms with Crippen LogP contribution in [0.3, 0.4) is 0 Å². The first-order valence-corrected chi connectivity index (χ1v) is 2.74. The third-order valence-corrected chi connectivity index (χ3v) is 1.10. The number of rotatable bonds is 0. The van der Waals surface area contributed by atoms with Crippen molar-refractivity contribution < 1.29 is 5.11 Å². The standard InChI is InChI=1S/C7H8NO/c1-5-3-6(2)7(9)8-4-5/h4H,1-2H3,(H,8,9). The Morgan fingerprint density at radius 1 is 1.56 bits per heavy atom. The molecule has 0 aliphatic carbocycles. The summed E-state index contributed by atoms with van der Waals surface area (Å²) in [5.41, 5.74) is 1.65. The van der Waals surface area contributed by atoms with Gasteiger partial charge in [0, 0.05) is 11.8 Å². The van der Waals surface area contributed by atoms with Gasteiger partial charge < -0.3 is 5.11 Å². The molecule has 0 saturated carbocycles. The molecule has 1 N–H and O–H groups in total. The smallest absolute Gasteiger partial charge is 0.214 e. The molecule has 1 heterocycles. The van der Waals surface area contributed by atoms with Gasteiger partial charge in [-0.2, -0.15) is 0 Å². The summed E-state index contributed by atoms with van der Waals surface area (Å²) >= 11 is 0. The van der Waals surface area contributed by atoms with Crippen LogP contribution in [-0.4, -0.2) is 10.1 Å². The predicted molar refractivity (Wildman–Crippen MR) is 34.2 cm³/mol. The van der Waals surface area contributed by atoms with Crippen LogP contribution in [0.15, 0.2) is 6.20 Å². The molecule has 47 valence electrons. The SMILES string of the molecule is Cc1[c]c(C)c(O)nc1. The van der Waals surface area contributed by atoms with Crippen molar-refractivity contribution >= 4 is 0 Å². The molecule has 0 bridgehead atoms. The maximum atomic E-state index is 8.90. The summed E-state index contributed by atoms with van der Waals surface area (Å²) < 4.78 is 0. The Labute approximate surface area is 54.2 Å². The number of pyridine rings is 1. The Morgan fingerprint density at radius 3 is 2.67 bits per heavy atom. The zero-order valence-electron chi connectivity index (χ0n) is 5.47. The van der Waals surface area contributed by atoms with E-state index in [2.05, 4.69) is 11.1 Å². The zero-order chi connectivity index (χ0) is 6.85. The van der Waals surface area contributed by atoms with Crippen LogP contribution in [0.1, 0.15) is 11.1 Å². The Bertz CT molecular complexity index is 220. The van der Waals surface area contributed by atoms with Crippen molar-refractivity contribution in [3.63, 3.8) is 0 Å². The molecule has 0 atom stereocenters. The summed E-state index contributed by atoms with van der Waals surface area (Å²) in [7, 11) is 0. The molecular weight excluding hydrogens is 114 g/mol. The average Bonchev–Trinajstić information content (AvgIpc) is 1.80. The van der Waals surface area contributed by atoms with Gasteiger partial charge in [-0.15, -0.1) is 0 Å². The fraction of sp³-hybridized carbons (Fsp3) is 0.286. The fourth-order valence-corrected chi connectivity index (χ4v) is 0.639. The quantitative estimate of drug-likeness (QED) is 0.561. The van der Waals surface area contributed by atoms with E-state index in [0.29, 0.717) is 5.56 Å². The van der Waals surface area contributed by atoms with E-state index >= 15 is 0 Å². The number of aromatic hydroxyl groups is 1. The number of aryl methyl sites for hydroxylation is 2. The van der Waals surface area contributed by atoms with Crippen molar-refractivity contribution in [2.75, 3.05) is 0 Å². The minimum absolute atomic E-state index is 0.0700. The van der Waals surface area contributed by atoms with Crippen LogP contribution in [0.2, 0.25) is 0 Å². The molecule has 1 aromatic rings. The molecule has 0 fully saturated rings. The van der Waals surface area contributed by atoms with Crippen LogP contribution in [0.4, 0.5) is 0 Å². The Balaban J connectivity index is 3.17. The van der Waals surface area contributed by atoms with Gasteiger partial charge >= 0.3 is 0 Å². The van der Waals surface area contributed by atoms with E-state index in [1.54, 1.807) is 13.1 Å². The first-order chi connectivity index (χ1) is 4.20. The topological polar surface area (TPSA) is 33.1 Å². The predicted octanol–water partition coefficient (Wildman–Crippen LogP) is 1.20. The summed E-state index contributed by atoms with van der Waals surface area (Å²) in [4.78, 5) is 3.70. The average molecular weight is 122 g/mol. The fourth-order valence-electron chi connectivity index (χ4n) is 0.639. The van der Waals surface area contributed by atoms with Crippen LogP contribution in [0, 0.1) is 19.9 Å². The first-order valence-electron chi connectivity index (χ1n) is 2.74. The summed E-state index contributed by atoms with van der Waals surface area (Å²) in [5, 5.41) is 8.90. The Kier molecular flexibility index (Phi) is 1.39.